The predicted molar refractivity (Wildman–Crippen MR) is 57.4 cm³/mol. The van der Waals surface area contributed by atoms with Crippen LogP contribution in [-0.4, -0.2) is 18.7 Å². The maximum Gasteiger partial charge on any atom is 0.228 e. The third-order valence-corrected chi connectivity index (χ3v) is 2.14. The largest absolute Gasteiger partial charge is 0.492 e. The lowest BCUT2D eigenvalue weighted by molar-refractivity contribution is 0.0916. The maximum atomic E-state index is 11.6. The first-order valence-electron chi connectivity index (χ1n) is 4.18. The van der Waals surface area contributed by atoms with Crippen molar-refractivity contribution >= 4 is 24.0 Å². The van der Waals surface area contributed by atoms with E-state index in [1.165, 1.54) is 13.2 Å². The van der Waals surface area contributed by atoms with Gasteiger partial charge in [-0.15, -0.1) is 12.4 Å². The number of ether oxygens (including phenoxy) is 1. The summed E-state index contributed by atoms with van der Waals surface area (Å²) in [5.74, 6) is -0.312. The fraction of sp³-hybridized carbons (Fsp3) is 0.0909. The summed E-state index contributed by atoms with van der Waals surface area (Å²) in [5, 5.41) is 0. The summed E-state index contributed by atoms with van der Waals surface area (Å²) in [7, 11) is 1.38. The number of carbonyl (C=O) groups excluding carboxylic acids is 2. The van der Waals surface area contributed by atoms with E-state index in [-0.39, 0.29) is 29.7 Å². The summed E-state index contributed by atoms with van der Waals surface area (Å²) in [6.45, 7) is 0. The Morgan fingerprint density at radius 2 is 1.67 bits per heavy atom. The normalized spacial score (nSPS) is 13.8. The molecule has 78 valence electrons. The molecule has 0 bridgehead atoms. The second-order valence-electron chi connectivity index (χ2n) is 2.95. The second-order valence-corrected chi connectivity index (χ2v) is 2.95. The van der Waals surface area contributed by atoms with Crippen LogP contribution in [0, 0.1) is 0 Å². The molecule has 0 amide bonds. The van der Waals surface area contributed by atoms with Crippen molar-refractivity contribution in [3.63, 3.8) is 0 Å². The number of benzene rings is 1. The highest BCUT2D eigenvalue weighted by Gasteiger charge is 2.25. The van der Waals surface area contributed by atoms with E-state index in [0.717, 1.165) is 0 Å². The summed E-state index contributed by atoms with van der Waals surface area (Å²) in [5.41, 5.74) is 0.857. The Hall–Kier alpha value is -1.61. The van der Waals surface area contributed by atoms with Gasteiger partial charge in [0.05, 0.1) is 7.11 Å². The first-order chi connectivity index (χ1) is 6.74. The molecule has 1 aliphatic rings. The summed E-state index contributed by atoms with van der Waals surface area (Å²) >= 11 is 0. The lowest BCUT2D eigenvalue weighted by atomic mass is 9.94. The molecule has 0 saturated heterocycles. The van der Waals surface area contributed by atoms with Crippen molar-refractivity contribution in [2.24, 2.45) is 0 Å². The first-order valence-corrected chi connectivity index (χ1v) is 4.18. The van der Waals surface area contributed by atoms with E-state index in [2.05, 4.69) is 0 Å². The predicted octanol–water partition coefficient (Wildman–Crippen LogP) is 2.02. The lowest BCUT2D eigenvalue weighted by Crippen LogP contribution is -2.17. The maximum absolute atomic E-state index is 11.6. The quantitative estimate of drug-likeness (QED) is 0.733. The molecule has 1 aliphatic carbocycles. The van der Waals surface area contributed by atoms with Crippen LogP contribution >= 0.6 is 12.4 Å². The molecule has 0 saturated carbocycles. The molecule has 0 heterocycles. The zero-order valence-electron chi connectivity index (χ0n) is 8.02. The van der Waals surface area contributed by atoms with Gasteiger partial charge in [-0.1, -0.05) is 24.3 Å². The monoisotopic (exact) mass is 224 g/mol. The number of hydrogen-bond donors (Lipinski definition) is 0. The molecule has 0 fully saturated rings. The van der Waals surface area contributed by atoms with Gasteiger partial charge in [0, 0.05) is 17.2 Å². The van der Waals surface area contributed by atoms with Crippen LogP contribution in [0.25, 0.3) is 0 Å². The van der Waals surface area contributed by atoms with Crippen molar-refractivity contribution in [3.05, 3.63) is 47.2 Å². The number of halogens is 1. The molecule has 15 heavy (non-hydrogen) atoms. The summed E-state index contributed by atoms with van der Waals surface area (Å²) in [4.78, 5) is 23.1. The van der Waals surface area contributed by atoms with Gasteiger partial charge >= 0.3 is 0 Å². The van der Waals surface area contributed by atoms with E-state index in [1.807, 2.05) is 0 Å². The molecule has 0 radical (unpaired) electrons. The summed E-state index contributed by atoms with van der Waals surface area (Å²) in [6, 6.07) is 6.72. The average molecular weight is 225 g/mol. The number of hydrogen-bond acceptors (Lipinski definition) is 3. The van der Waals surface area contributed by atoms with Gasteiger partial charge in [0.15, 0.2) is 11.5 Å². The lowest BCUT2D eigenvalue weighted by Gasteiger charge is -2.12. The summed E-state index contributed by atoms with van der Waals surface area (Å²) in [6.07, 6.45) is 1.23. The van der Waals surface area contributed by atoms with Crippen LogP contribution in [0.2, 0.25) is 0 Å². The van der Waals surface area contributed by atoms with Crippen molar-refractivity contribution in [2.75, 3.05) is 7.11 Å². The fourth-order valence-electron chi connectivity index (χ4n) is 1.44. The molecule has 0 N–H and O–H groups in total. The van der Waals surface area contributed by atoms with Crippen LogP contribution in [0.3, 0.4) is 0 Å². The molecular weight excluding hydrogens is 216 g/mol. The van der Waals surface area contributed by atoms with Crippen molar-refractivity contribution < 1.29 is 14.3 Å². The Bertz CT molecular complexity index is 449. The van der Waals surface area contributed by atoms with Gasteiger partial charge in [0.1, 0.15) is 0 Å². The molecule has 1 aromatic rings. The van der Waals surface area contributed by atoms with Crippen molar-refractivity contribution in [1.29, 1.82) is 0 Å². The van der Waals surface area contributed by atoms with Crippen molar-refractivity contribution in [1.82, 2.24) is 0 Å². The summed E-state index contributed by atoms with van der Waals surface area (Å²) < 4.78 is 4.82. The number of rotatable bonds is 1. The molecule has 0 aromatic heterocycles. The van der Waals surface area contributed by atoms with Gasteiger partial charge in [-0.3, -0.25) is 9.59 Å². The van der Waals surface area contributed by atoms with Crippen LogP contribution in [0.4, 0.5) is 0 Å². The van der Waals surface area contributed by atoms with Crippen molar-refractivity contribution in [2.45, 2.75) is 0 Å². The third-order valence-electron chi connectivity index (χ3n) is 2.14. The smallest absolute Gasteiger partial charge is 0.228 e. The molecular formula is C11H9ClO3. The number of ketones is 2. The standard InChI is InChI=1S/C11H8O3.ClH/c1-14-10-6-9(12)7-4-2-3-5-8(7)11(10)13;/h2-6H,1H3;1H. The fourth-order valence-corrected chi connectivity index (χ4v) is 1.44. The van der Waals surface area contributed by atoms with Crippen molar-refractivity contribution in [3.8, 4) is 0 Å². The van der Waals surface area contributed by atoms with E-state index < -0.39 is 0 Å². The van der Waals surface area contributed by atoms with Gasteiger partial charge in [-0.25, -0.2) is 0 Å². The van der Waals surface area contributed by atoms with Gasteiger partial charge in [0.2, 0.25) is 5.78 Å². The minimum atomic E-state index is -0.234. The second kappa shape index (κ2) is 4.28. The molecule has 0 spiro atoms. The number of fused-ring (bicyclic) bond motifs is 1. The highest BCUT2D eigenvalue weighted by molar-refractivity contribution is 6.23. The SMILES string of the molecule is COC1=CC(=O)c2ccccc2C1=O.Cl. The third kappa shape index (κ3) is 1.78. The van der Waals surface area contributed by atoms with Crippen LogP contribution in [-0.2, 0) is 4.74 Å². The Morgan fingerprint density at radius 3 is 2.27 bits per heavy atom. The average Bonchev–Trinajstić information content (AvgIpc) is 2.23. The topological polar surface area (TPSA) is 43.4 Å². The van der Waals surface area contributed by atoms with Crippen LogP contribution in [0.1, 0.15) is 20.7 Å². The van der Waals surface area contributed by atoms with Gasteiger partial charge in [-0.05, 0) is 0 Å². The molecule has 0 atom stereocenters. The van der Waals surface area contributed by atoms with E-state index in [0.29, 0.717) is 11.1 Å². The number of Topliss-reactive ketones (excluding diaryl/α,β-unsaturated/α-hetero) is 1. The van der Waals surface area contributed by atoms with Crippen LogP contribution in [0.5, 0.6) is 0 Å². The molecule has 3 nitrogen and oxygen atoms in total. The molecule has 1 aromatic carbocycles. The Kier molecular flexibility index (Phi) is 3.27. The van der Waals surface area contributed by atoms with E-state index in [4.69, 9.17) is 4.74 Å². The highest BCUT2D eigenvalue weighted by atomic mass is 35.5. The Morgan fingerprint density at radius 1 is 1.07 bits per heavy atom. The number of allylic oxidation sites excluding steroid dienone is 2. The number of carbonyl (C=O) groups is 2. The Labute approximate surface area is 93.2 Å². The molecule has 2 rings (SSSR count). The van der Waals surface area contributed by atoms with Crippen LogP contribution < -0.4 is 0 Å². The van der Waals surface area contributed by atoms with Gasteiger partial charge < -0.3 is 4.74 Å². The molecule has 0 aliphatic heterocycles. The van der Waals surface area contributed by atoms with Gasteiger partial charge in [-0.2, -0.15) is 0 Å². The van der Waals surface area contributed by atoms with E-state index >= 15 is 0 Å². The minimum Gasteiger partial charge on any atom is -0.492 e. The van der Waals surface area contributed by atoms with Gasteiger partial charge in [0.25, 0.3) is 0 Å². The minimum absolute atomic E-state index is 0. The highest BCUT2D eigenvalue weighted by Crippen LogP contribution is 2.20. The Balaban J connectivity index is 0.00000112. The van der Waals surface area contributed by atoms with E-state index in [1.54, 1.807) is 24.3 Å². The van der Waals surface area contributed by atoms with E-state index in [9.17, 15) is 9.59 Å². The zero-order chi connectivity index (χ0) is 10.1. The first kappa shape index (κ1) is 11.5. The number of methoxy groups -OCH3 is 1. The zero-order valence-corrected chi connectivity index (χ0v) is 8.84. The molecule has 4 heteroatoms. The molecule has 0 unspecified atom stereocenters. The van der Waals surface area contributed by atoms with Crippen LogP contribution in [0.15, 0.2) is 36.1 Å².